The maximum atomic E-state index is 13.0. The molecule has 0 spiro atoms. The molecule has 2 aromatic carbocycles. The molecule has 8 nitrogen and oxygen atoms in total. The maximum Gasteiger partial charge on any atom is 0.255 e. The molecule has 2 saturated heterocycles. The van der Waals surface area contributed by atoms with Gasteiger partial charge in [-0.1, -0.05) is 41.9 Å². The molecule has 1 atom stereocenters. The minimum absolute atomic E-state index is 0.129. The summed E-state index contributed by atoms with van der Waals surface area (Å²) in [5.74, 6) is -0.777. The first-order valence-electron chi connectivity index (χ1n) is 13.3. The zero-order valence-corrected chi connectivity index (χ0v) is 22.4. The summed E-state index contributed by atoms with van der Waals surface area (Å²) in [4.78, 5) is 47.7. The molecule has 1 aromatic heterocycles. The van der Waals surface area contributed by atoms with Crippen LogP contribution in [0.5, 0.6) is 0 Å². The largest absolute Gasteiger partial charge is 0.322 e. The van der Waals surface area contributed by atoms with Gasteiger partial charge in [0.15, 0.2) is 0 Å². The molecule has 2 fully saturated rings. The van der Waals surface area contributed by atoms with Gasteiger partial charge in [0.1, 0.15) is 6.04 Å². The van der Waals surface area contributed by atoms with Gasteiger partial charge < -0.3 is 4.90 Å². The number of fused-ring (bicyclic) bond motifs is 1. The van der Waals surface area contributed by atoms with Crippen LogP contribution < -0.4 is 5.32 Å². The van der Waals surface area contributed by atoms with Crippen molar-refractivity contribution in [2.24, 2.45) is 0 Å². The number of piperazine rings is 1. The summed E-state index contributed by atoms with van der Waals surface area (Å²) >= 11 is 5.99. The Hall–Kier alpha value is -3.59. The van der Waals surface area contributed by atoms with E-state index in [0.717, 1.165) is 56.1 Å². The first-order valence-corrected chi connectivity index (χ1v) is 13.7. The van der Waals surface area contributed by atoms with Crippen LogP contribution in [0.1, 0.15) is 39.9 Å². The molecule has 200 valence electrons. The predicted molar refractivity (Wildman–Crippen MR) is 148 cm³/mol. The van der Waals surface area contributed by atoms with Crippen molar-refractivity contribution in [1.29, 1.82) is 0 Å². The Balaban J connectivity index is 1.03. The molecule has 1 N–H and O–H groups in total. The number of carbonyl (C=O) groups is 3. The van der Waals surface area contributed by atoms with Crippen LogP contribution in [0.15, 0.2) is 60.8 Å². The number of rotatable bonds is 6. The topological polar surface area (TPSA) is 85.9 Å². The van der Waals surface area contributed by atoms with Gasteiger partial charge in [-0.3, -0.25) is 34.5 Å². The van der Waals surface area contributed by atoms with E-state index in [-0.39, 0.29) is 24.1 Å². The molecule has 3 aliphatic heterocycles. The molecule has 9 heteroatoms. The number of amides is 3. The van der Waals surface area contributed by atoms with Gasteiger partial charge in [0.25, 0.3) is 5.91 Å². The average molecular weight is 544 g/mol. The van der Waals surface area contributed by atoms with Crippen LogP contribution >= 0.6 is 11.6 Å². The van der Waals surface area contributed by atoms with Crippen molar-refractivity contribution in [3.63, 3.8) is 0 Å². The number of nitrogens with one attached hydrogen (secondary N) is 1. The van der Waals surface area contributed by atoms with Crippen molar-refractivity contribution >= 4 is 29.3 Å². The van der Waals surface area contributed by atoms with Crippen LogP contribution in [-0.2, 0) is 29.2 Å². The predicted octanol–water partition coefficient (Wildman–Crippen LogP) is 3.48. The minimum Gasteiger partial charge on any atom is -0.322 e. The van der Waals surface area contributed by atoms with Crippen molar-refractivity contribution in [3.05, 3.63) is 88.1 Å². The van der Waals surface area contributed by atoms with Gasteiger partial charge in [0.2, 0.25) is 11.8 Å². The average Bonchev–Trinajstić information content (AvgIpc) is 3.25. The number of carbonyl (C=O) groups excluding carboxylic acids is 3. The van der Waals surface area contributed by atoms with E-state index < -0.39 is 6.04 Å². The number of imide groups is 1. The van der Waals surface area contributed by atoms with E-state index in [2.05, 4.69) is 50.4 Å². The van der Waals surface area contributed by atoms with E-state index >= 15 is 0 Å². The molecule has 3 amide bonds. The van der Waals surface area contributed by atoms with Crippen LogP contribution in [0.25, 0.3) is 11.3 Å². The summed E-state index contributed by atoms with van der Waals surface area (Å²) in [7, 11) is 0. The Kier molecular flexibility index (Phi) is 7.16. The number of benzene rings is 2. The lowest BCUT2D eigenvalue weighted by Crippen LogP contribution is -2.52. The van der Waals surface area contributed by atoms with Crippen LogP contribution in [0.4, 0.5) is 0 Å². The molecule has 3 aromatic rings. The third-order valence-corrected chi connectivity index (χ3v) is 8.04. The Morgan fingerprint density at radius 2 is 1.64 bits per heavy atom. The Bertz CT molecular complexity index is 1420. The number of piperidine rings is 1. The molecule has 0 bridgehead atoms. The Labute approximate surface area is 232 Å². The summed E-state index contributed by atoms with van der Waals surface area (Å²) < 4.78 is 0. The van der Waals surface area contributed by atoms with Gasteiger partial charge in [-0.15, -0.1) is 0 Å². The van der Waals surface area contributed by atoms with Gasteiger partial charge in [-0.25, -0.2) is 0 Å². The lowest BCUT2D eigenvalue weighted by Gasteiger charge is -2.34. The van der Waals surface area contributed by atoms with Crippen molar-refractivity contribution in [1.82, 2.24) is 25.0 Å². The fourth-order valence-electron chi connectivity index (χ4n) is 5.72. The number of halogens is 1. The molecule has 6 rings (SSSR count). The molecule has 3 aliphatic rings. The van der Waals surface area contributed by atoms with Gasteiger partial charge in [0.05, 0.1) is 10.7 Å². The lowest BCUT2D eigenvalue weighted by molar-refractivity contribution is -0.136. The summed E-state index contributed by atoms with van der Waals surface area (Å²) in [5, 5.41) is 2.99. The number of hydrogen-bond acceptors (Lipinski definition) is 6. The van der Waals surface area contributed by atoms with Gasteiger partial charge in [-0.2, -0.15) is 0 Å². The van der Waals surface area contributed by atoms with Gasteiger partial charge in [-0.05, 0) is 47.4 Å². The quantitative estimate of drug-likeness (QED) is 0.479. The third kappa shape index (κ3) is 5.59. The zero-order chi connectivity index (χ0) is 26.9. The SMILES string of the molecule is O=C1CCC(N2Cc3cc(CN4CCN(Cc5cccc(-c6ccc(Cl)cn6)c5)CC4)ccc3C2=O)C(=O)N1. The fraction of sp³-hybridized carbons (Fsp3) is 0.333. The highest BCUT2D eigenvalue weighted by Crippen LogP contribution is 2.29. The second kappa shape index (κ2) is 10.9. The second-order valence-corrected chi connectivity index (χ2v) is 10.9. The molecular weight excluding hydrogens is 514 g/mol. The van der Waals surface area contributed by atoms with Crippen molar-refractivity contribution in [2.75, 3.05) is 26.2 Å². The Morgan fingerprint density at radius 3 is 2.33 bits per heavy atom. The third-order valence-electron chi connectivity index (χ3n) is 7.82. The van der Waals surface area contributed by atoms with Crippen LogP contribution in [0.2, 0.25) is 5.02 Å². The normalized spacial score (nSPS) is 20.3. The monoisotopic (exact) mass is 543 g/mol. The summed E-state index contributed by atoms with van der Waals surface area (Å²) in [5.41, 5.74) is 6.06. The van der Waals surface area contributed by atoms with E-state index in [0.29, 0.717) is 23.6 Å². The molecule has 39 heavy (non-hydrogen) atoms. The maximum absolute atomic E-state index is 13.0. The summed E-state index contributed by atoms with van der Waals surface area (Å²) in [6, 6.07) is 17.8. The molecule has 1 unspecified atom stereocenters. The smallest absolute Gasteiger partial charge is 0.255 e. The summed E-state index contributed by atoms with van der Waals surface area (Å²) in [6.07, 6.45) is 2.32. The molecule has 0 radical (unpaired) electrons. The number of hydrogen-bond donors (Lipinski definition) is 1. The fourth-order valence-corrected chi connectivity index (χ4v) is 5.84. The molecule has 0 saturated carbocycles. The highest BCUT2D eigenvalue weighted by molar-refractivity contribution is 6.30. The first-order chi connectivity index (χ1) is 18.9. The van der Waals surface area contributed by atoms with Crippen LogP contribution in [0, 0.1) is 0 Å². The standard InChI is InChI=1S/C30H30ClN5O3/c31-24-5-7-26(32-16-24)22-3-1-2-20(14-22)17-34-10-12-35(13-11-34)18-21-4-6-25-23(15-21)19-36(30(25)39)27-8-9-28(37)33-29(27)38/h1-7,14-16,27H,8-13,17-19H2,(H,33,37,38). The van der Waals surface area contributed by atoms with E-state index in [1.807, 2.05) is 24.3 Å². The highest BCUT2D eigenvalue weighted by atomic mass is 35.5. The zero-order valence-electron chi connectivity index (χ0n) is 21.6. The lowest BCUT2D eigenvalue weighted by atomic mass is 10.0. The van der Waals surface area contributed by atoms with Crippen molar-refractivity contribution in [3.8, 4) is 11.3 Å². The molecule has 4 heterocycles. The number of nitrogens with zero attached hydrogens (tertiary/aromatic N) is 4. The molecule has 0 aliphatic carbocycles. The van der Waals surface area contributed by atoms with Gasteiger partial charge >= 0.3 is 0 Å². The minimum atomic E-state index is -0.581. The summed E-state index contributed by atoms with van der Waals surface area (Å²) in [6.45, 7) is 6.03. The van der Waals surface area contributed by atoms with E-state index in [9.17, 15) is 14.4 Å². The number of pyridine rings is 1. The van der Waals surface area contributed by atoms with Crippen LogP contribution in [0.3, 0.4) is 0 Å². The van der Waals surface area contributed by atoms with Crippen LogP contribution in [-0.4, -0.2) is 69.6 Å². The Morgan fingerprint density at radius 1 is 0.897 bits per heavy atom. The number of aromatic nitrogens is 1. The van der Waals surface area contributed by atoms with Gasteiger partial charge in [0, 0.05) is 69.6 Å². The van der Waals surface area contributed by atoms with Crippen molar-refractivity contribution < 1.29 is 14.4 Å². The van der Waals surface area contributed by atoms with E-state index in [1.165, 1.54) is 11.1 Å². The van der Waals surface area contributed by atoms with E-state index in [1.54, 1.807) is 11.1 Å². The first kappa shape index (κ1) is 25.7. The molecular formula is C30H30ClN5O3. The highest BCUT2D eigenvalue weighted by Gasteiger charge is 2.39. The van der Waals surface area contributed by atoms with E-state index in [4.69, 9.17) is 11.6 Å². The second-order valence-electron chi connectivity index (χ2n) is 10.5. The van der Waals surface area contributed by atoms with Crippen molar-refractivity contribution in [2.45, 2.75) is 38.5 Å².